The Balaban J connectivity index is 2.04. The molecule has 0 radical (unpaired) electrons. The minimum Gasteiger partial charge on any atom is -0.375 e. The Labute approximate surface area is 126 Å². The first-order chi connectivity index (χ1) is 10.1. The number of hydrogen-bond acceptors (Lipinski definition) is 3. The molecule has 1 aromatic heterocycles. The highest BCUT2D eigenvalue weighted by Gasteiger charge is 2.15. The Kier molecular flexibility index (Phi) is 5.25. The van der Waals surface area contributed by atoms with Crippen molar-refractivity contribution in [3.05, 3.63) is 64.7 Å². The lowest BCUT2D eigenvalue weighted by Crippen LogP contribution is -2.29. The van der Waals surface area contributed by atoms with E-state index in [1.54, 1.807) is 18.2 Å². The number of methoxy groups -OCH3 is 1. The zero-order valence-electron chi connectivity index (χ0n) is 11.3. The normalized spacial score (nSPS) is 12.0. The topological polar surface area (TPSA) is 51.2 Å². The van der Waals surface area contributed by atoms with Crippen LogP contribution in [0.3, 0.4) is 0 Å². The van der Waals surface area contributed by atoms with Gasteiger partial charge in [0.05, 0.1) is 17.9 Å². The van der Waals surface area contributed by atoms with Crippen molar-refractivity contribution in [2.24, 2.45) is 0 Å². The average Bonchev–Trinajstić information content (AvgIpc) is 2.48. The molecule has 1 N–H and O–H groups in total. The van der Waals surface area contributed by atoms with Crippen LogP contribution in [0.2, 0.25) is 5.02 Å². The van der Waals surface area contributed by atoms with Gasteiger partial charge in [0, 0.05) is 24.9 Å². The summed E-state index contributed by atoms with van der Waals surface area (Å²) in [6.45, 7) is 0.206. The van der Waals surface area contributed by atoms with Crippen LogP contribution in [0.4, 0.5) is 4.39 Å². The van der Waals surface area contributed by atoms with Crippen molar-refractivity contribution in [3.8, 4) is 0 Å². The van der Waals surface area contributed by atoms with E-state index < -0.39 is 11.7 Å². The molecule has 0 saturated carbocycles. The Morgan fingerprint density at radius 2 is 2.29 bits per heavy atom. The number of carbonyl (C=O) groups excluding carboxylic acids is 1. The molecule has 0 fully saturated rings. The van der Waals surface area contributed by atoms with Gasteiger partial charge in [-0.3, -0.25) is 9.78 Å². The van der Waals surface area contributed by atoms with Crippen molar-refractivity contribution in [1.82, 2.24) is 10.3 Å². The molecule has 0 spiro atoms. The summed E-state index contributed by atoms with van der Waals surface area (Å²) in [6.07, 6.45) is 2.00. The Bertz CT molecular complexity index is 637. The van der Waals surface area contributed by atoms with E-state index >= 15 is 0 Å². The molecule has 2 aromatic rings. The number of nitrogens with zero attached hydrogens (tertiary/aromatic N) is 1. The van der Waals surface area contributed by atoms with Gasteiger partial charge in [-0.15, -0.1) is 0 Å². The van der Waals surface area contributed by atoms with Crippen LogP contribution in [0.15, 0.2) is 42.7 Å². The largest absolute Gasteiger partial charge is 0.375 e. The Morgan fingerprint density at radius 3 is 2.95 bits per heavy atom. The third-order valence-corrected chi connectivity index (χ3v) is 3.21. The lowest BCUT2D eigenvalue weighted by atomic mass is 10.1. The quantitative estimate of drug-likeness (QED) is 0.924. The molecular formula is C15H14ClFN2O2. The van der Waals surface area contributed by atoms with E-state index in [0.29, 0.717) is 5.02 Å². The van der Waals surface area contributed by atoms with Crippen molar-refractivity contribution >= 4 is 17.5 Å². The van der Waals surface area contributed by atoms with Gasteiger partial charge in [0.15, 0.2) is 5.82 Å². The van der Waals surface area contributed by atoms with Gasteiger partial charge in [-0.25, -0.2) is 4.39 Å². The summed E-state index contributed by atoms with van der Waals surface area (Å²) >= 11 is 5.93. The molecule has 21 heavy (non-hydrogen) atoms. The number of benzene rings is 1. The van der Waals surface area contributed by atoms with E-state index in [0.717, 1.165) is 11.8 Å². The molecule has 0 aliphatic carbocycles. The van der Waals surface area contributed by atoms with Gasteiger partial charge in [0.1, 0.15) is 0 Å². The molecule has 1 aromatic carbocycles. The second-order valence-electron chi connectivity index (χ2n) is 4.34. The van der Waals surface area contributed by atoms with Crippen molar-refractivity contribution in [2.45, 2.75) is 6.10 Å². The van der Waals surface area contributed by atoms with E-state index in [9.17, 15) is 9.18 Å². The highest BCUT2D eigenvalue weighted by atomic mass is 35.5. The molecule has 0 saturated heterocycles. The van der Waals surface area contributed by atoms with Crippen LogP contribution >= 0.6 is 11.6 Å². The van der Waals surface area contributed by atoms with Gasteiger partial charge >= 0.3 is 0 Å². The predicted molar refractivity (Wildman–Crippen MR) is 77.7 cm³/mol. The number of carbonyl (C=O) groups is 1. The standard InChI is InChI=1S/C15H14ClFN2O2/c1-21-14(10-3-2-4-11(16)7-10)9-19-15(20)12-5-6-18-8-13(12)17/h2-8,14H,9H2,1H3,(H,19,20)/t14-/m0/s1. The van der Waals surface area contributed by atoms with E-state index in [-0.39, 0.29) is 18.2 Å². The number of hydrogen-bond donors (Lipinski definition) is 1. The van der Waals surface area contributed by atoms with Gasteiger partial charge < -0.3 is 10.1 Å². The van der Waals surface area contributed by atoms with Gasteiger partial charge in [-0.05, 0) is 23.8 Å². The van der Waals surface area contributed by atoms with Crippen LogP contribution in [0, 0.1) is 5.82 Å². The Morgan fingerprint density at radius 1 is 1.48 bits per heavy atom. The third kappa shape index (κ3) is 4.00. The zero-order chi connectivity index (χ0) is 15.2. The molecule has 0 unspecified atom stereocenters. The summed E-state index contributed by atoms with van der Waals surface area (Å²) in [7, 11) is 1.53. The molecule has 1 amide bonds. The van der Waals surface area contributed by atoms with E-state index in [2.05, 4.69) is 10.3 Å². The molecule has 2 rings (SSSR count). The molecule has 0 aliphatic rings. The lowest BCUT2D eigenvalue weighted by molar-refractivity contribution is 0.0825. The summed E-state index contributed by atoms with van der Waals surface area (Å²) < 4.78 is 18.8. The monoisotopic (exact) mass is 308 g/mol. The van der Waals surface area contributed by atoms with Crippen LogP contribution in [0.5, 0.6) is 0 Å². The van der Waals surface area contributed by atoms with Crippen LogP contribution in [-0.2, 0) is 4.74 Å². The highest BCUT2D eigenvalue weighted by molar-refractivity contribution is 6.30. The molecule has 6 heteroatoms. The molecule has 0 bridgehead atoms. The third-order valence-electron chi connectivity index (χ3n) is 2.97. The summed E-state index contributed by atoms with van der Waals surface area (Å²) in [5.41, 5.74) is 0.784. The number of amides is 1. The minimum atomic E-state index is -0.660. The lowest BCUT2D eigenvalue weighted by Gasteiger charge is -2.17. The first-order valence-corrected chi connectivity index (χ1v) is 6.65. The maximum Gasteiger partial charge on any atom is 0.254 e. The molecule has 110 valence electrons. The van der Waals surface area contributed by atoms with Gasteiger partial charge in [-0.1, -0.05) is 23.7 Å². The molecule has 4 nitrogen and oxygen atoms in total. The summed E-state index contributed by atoms with van der Waals surface area (Å²) in [4.78, 5) is 15.5. The van der Waals surface area contributed by atoms with Crippen LogP contribution in [0.25, 0.3) is 0 Å². The van der Waals surface area contributed by atoms with Crippen LogP contribution in [-0.4, -0.2) is 24.5 Å². The predicted octanol–water partition coefficient (Wildman–Crippen LogP) is 2.99. The van der Waals surface area contributed by atoms with Gasteiger partial charge in [0.25, 0.3) is 5.91 Å². The van der Waals surface area contributed by atoms with Crippen molar-refractivity contribution in [2.75, 3.05) is 13.7 Å². The summed E-state index contributed by atoms with van der Waals surface area (Å²) in [5, 5.41) is 3.22. The van der Waals surface area contributed by atoms with Crippen LogP contribution < -0.4 is 5.32 Å². The van der Waals surface area contributed by atoms with Crippen molar-refractivity contribution in [3.63, 3.8) is 0 Å². The van der Waals surface area contributed by atoms with Crippen molar-refractivity contribution < 1.29 is 13.9 Å². The second kappa shape index (κ2) is 7.15. The maximum absolute atomic E-state index is 13.5. The fraction of sp³-hybridized carbons (Fsp3) is 0.200. The second-order valence-corrected chi connectivity index (χ2v) is 4.78. The molecular weight excluding hydrogens is 295 g/mol. The van der Waals surface area contributed by atoms with Gasteiger partial charge in [0.2, 0.25) is 0 Å². The average molecular weight is 309 g/mol. The maximum atomic E-state index is 13.5. The van der Waals surface area contributed by atoms with E-state index in [1.807, 2.05) is 6.07 Å². The number of aromatic nitrogens is 1. The number of rotatable bonds is 5. The smallest absolute Gasteiger partial charge is 0.254 e. The van der Waals surface area contributed by atoms with Gasteiger partial charge in [-0.2, -0.15) is 0 Å². The summed E-state index contributed by atoms with van der Waals surface area (Å²) in [6, 6.07) is 8.48. The number of nitrogens with one attached hydrogen (secondary N) is 1. The number of halogens is 2. The Hall–Kier alpha value is -1.98. The first kappa shape index (κ1) is 15.4. The highest BCUT2D eigenvalue weighted by Crippen LogP contribution is 2.20. The fourth-order valence-electron chi connectivity index (χ4n) is 1.88. The SMILES string of the molecule is CO[C@@H](CNC(=O)c1ccncc1F)c1cccc(Cl)c1. The van der Waals surface area contributed by atoms with E-state index in [1.165, 1.54) is 19.4 Å². The minimum absolute atomic E-state index is 0.0500. The van der Waals surface area contributed by atoms with E-state index in [4.69, 9.17) is 16.3 Å². The molecule has 1 atom stereocenters. The first-order valence-electron chi connectivity index (χ1n) is 6.27. The van der Waals surface area contributed by atoms with Crippen molar-refractivity contribution in [1.29, 1.82) is 0 Å². The fourth-order valence-corrected chi connectivity index (χ4v) is 2.08. The summed E-state index contributed by atoms with van der Waals surface area (Å²) in [5.74, 6) is -1.18. The zero-order valence-corrected chi connectivity index (χ0v) is 12.1. The molecule has 1 heterocycles. The van der Waals surface area contributed by atoms with Crippen LogP contribution in [0.1, 0.15) is 22.0 Å². The number of ether oxygens (including phenoxy) is 1. The number of pyridine rings is 1. The molecule has 0 aliphatic heterocycles.